The molecule has 0 radical (unpaired) electrons. The highest BCUT2D eigenvalue weighted by Gasteiger charge is 2.44. The lowest BCUT2D eigenvalue weighted by molar-refractivity contribution is -0.162. The van der Waals surface area contributed by atoms with Crippen LogP contribution in [0.15, 0.2) is 66.7 Å². The van der Waals surface area contributed by atoms with Crippen LogP contribution in [0.3, 0.4) is 0 Å². The van der Waals surface area contributed by atoms with Gasteiger partial charge in [0, 0.05) is 11.5 Å². The standard InChI is InChI=1S/C22H21NO2/c1-15(16-7-3-2-4-8-16)23-22-18(14-25-23)13-24-20-12-11-17-9-5-6-10-19(17)21(20)22/h2-12,15,18,22H,13-14H2,1H3/t15-,18+,22-/m0/s1. The first-order valence-corrected chi connectivity index (χ1v) is 8.93. The highest BCUT2D eigenvalue weighted by Crippen LogP contribution is 2.49. The van der Waals surface area contributed by atoms with E-state index in [0.29, 0.717) is 19.1 Å². The molecule has 25 heavy (non-hydrogen) atoms. The number of hydroxylamine groups is 2. The lowest BCUT2D eigenvalue weighted by atomic mass is 9.87. The average molecular weight is 331 g/mol. The molecular formula is C22H21NO2. The summed E-state index contributed by atoms with van der Waals surface area (Å²) in [5, 5.41) is 4.71. The predicted octanol–water partition coefficient (Wildman–Crippen LogP) is 4.90. The van der Waals surface area contributed by atoms with Crippen molar-refractivity contribution in [1.29, 1.82) is 0 Å². The number of nitrogens with zero attached hydrogens (tertiary/aromatic N) is 1. The fraction of sp³-hybridized carbons (Fsp3) is 0.273. The first-order chi connectivity index (χ1) is 12.3. The molecule has 2 heterocycles. The van der Waals surface area contributed by atoms with Gasteiger partial charge in [-0.3, -0.25) is 4.84 Å². The molecule has 2 aliphatic heterocycles. The molecule has 5 rings (SSSR count). The number of rotatable bonds is 2. The first kappa shape index (κ1) is 14.9. The Kier molecular flexibility index (Phi) is 3.51. The van der Waals surface area contributed by atoms with Gasteiger partial charge in [-0.05, 0) is 29.3 Å². The van der Waals surface area contributed by atoms with E-state index in [4.69, 9.17) is 9.57 Å². The molecular weight excluding hydrogens is 310 g/mol. The lowest BCUT2D eigenvalue weighted by Gasteiger charge is -2.35. The summed E-state index contributed by atoms with van der Waals surface area (Å²) in [5.74, 6) is 1.36. The summed E-state index contributed by atoms with van der Waals surface area (Å²) in [6.07, 6.45) is 0. The van der Waals surface area contributed by atoms with Crippen LogP contribution in [-0.4, -0.2) is 18.3 Å². The van der Waals surface area contributed by atoms with Crippen molar-refractivity contribution >= 4 is 10.8 Å². The van der Waals surface area contributed by atoms with Gasteiger partial charge in [-0.25, -0.2) is 0 Å². The molecule has 0 bridgehead atoms. The molecule has 0 spiro atoms. The second-order valence-corrected chi connectivity index (χ2v) is 6.96. The maximum atomic E-state index is 6.18. The second kappa shape index (κ2) is 5.87. The van der Waals surface area contributed by atoms with E-state index in [1.54, 1.807) is 0 Å². The molecule has 126 valence electrons. The smallest absolute Gasteiger partial charge is 0.124 e. The molecule has 3 aromatic carbocycles. The fourth-order valence-electron chi connectivity index (χ4n) is 4.20. The molecule has 3 aromatic rings. The Labute approximate surface area is 147 Å². The van der Waals surface area contributed by atoms with Gasteiger partial charge >= 0.3 is 0 Å². The number of ether oxygens (including phenoxy) is 1. The quantitative estimate of drug-likeness (QED) is 0.667. The Hall–Kier alpha value is -2.36. The predicted molar refractivity (Wildman–Crippen MR) is 98.3 cm³/mol. The van der Waals surface area contributed by atoms with Crippen LogP contribution in [0.1, 0.15) is 30.1 Å². The van der Waals surface area contributed by atoms with E-state index in [-0.39, 0.29) is 12.1 Å². The Morgan fingerprint density at radius 1 is 0.920 bits per heavy atom. The maximum absolute atomic E-state index is 6.18. The summed E-state index contributed by atoms with van der Waals surface area (Å²) in [6, 6.07) is 23.8. The van der Waals surface area contributed by atoms with Gasteiger partial charge < -0.3 is 4.74 Å². The van der Waals surface area contributed by atoms with E-state index >= 15 is 0 Å². The summed E-state index contributed by atoms with van der Waals surface area (Å²) in [4.78, 5) is 6.18. The molecule has 1 saturated heterocycles. The lowest BCUT2D eigenvalue weighted by Crippen LogP contribution is -2.32. The van der Waals surface area contributed by atoms with Crippen molar-refractivity contribution in [1.82, 2.24) is 5.06 Å². The van der Waals surface area contributed by atoms with Gasteiger partial charge in [0.25, 0.3) is 0 Å². The van der Waals surface area contributed by atoms with Crippen LogP contribution in [-0.2, 0) is 4.84 Å². The van der Waals surface area contributed by atoms with Crippen molar-refractivity contribution in [2.24, 2.45) is 5.92 Å². The number of benzene rings is 3. The zero-order chi connectivity index (χ0) is 16.8. The third kappa shape index (κ3) is 2.35. The summed E-state index contributed by atoms with van der Waals surface area (Å²) in [5.41, 5.74) is 2.55. The zero-order valence-electron chi connectivity index (χ0n) is 14.3. The van der Waals surface area contributed by atoms with E-state index < -0.39 is 0 Å². The van der Waals surface area contributed by atoms with Crippen molar-refractivity contribution in [3.05, 3.63) is 77.9 Å². The van der Waals surface area contributed by atoms with E-state index in [1.807, 2.05) is 0 Å². The normalized spacial score (nSPS) is 23.7. The molecule has 0 unspecified atom stereocenters. The minimum absolute atomic E-state index is 0.195. The van der Waals surface area contributed by atoms with Crippen LogP contribution in [0.25, 0.3) is 10.8 Å². The van der Waals surface area contributed by atoms with Gasteiger partial charge in [-0.1, -0.05) is 60.7 Å². The SMILES string of the molecule is C[C@@H](c1ccccc1)N1OC[C@H]2COc3ccc4ccccc4c3[C@H]21. The maximum Gasteiger partial charge on any atom is 0.124 e. The third-order valence-corrected chi connectivity index (χ3v) is 5.50. The highest BCUT2D eigenvalue weighted by molar-refractivity contribution is 5.88. The summed E-state index contributed by atoms with van der Waals surface area (Å²) >= 11 is 0. The van der Waals surface area contributed by atoms with Crippen LogP contribution in [0, 0.1) is 5.92 Å². The molecule has 2 aliphatic rings. The van der Waals surface area contributed by atoms with E-state index in [0.717, 1.165) is 5.75 Å². The molecule has 0 aliphatic carbocycles. The topological polar surface area (TPSA) is 21.7 Å². The van der Waals surface area contributed by atoms with Crippen molar-refractivity contribution < 1.29 is 9.57 Å². The van der Waals surface area contributed by atoms with Gasteiger partial charge in [-0.15, -0.1) is 0 Å². The van der Waals surface area contributed by atoms with Gasteiger partial charge in [0.1, 0.15) is 5.75 Å². The minimum atomic E-state index is 0.195. The second-order valence-electron chi connectivity index (χ2n) is 6.96. The van der Waals surface area contributed by atoms with Crippen LogP contribution in [0.5, 0.6) is 5.75 Å². The minimum Gasteiger partial charge on any atom is -0.493 e. The molecule has 0 aromatic heterocycles. The fourth-order valence-corrected chi connectivity index (χ4v) is 4.20. The monoisotopic (exact) mass is 331 g/mol. The van der Waals surface area contributed by atoms with Gasteiger partial charge in [0.2, 0.25) is 0 Å². The molecule has 3 nitrogen and oxygen atoms in total. The molecule has 3 atom stereocenters. The largest absolute Gasteiger partial charge is 0.493 e. The Morgan fingerprint density at radius 2 is 1.72 bits per heavy atom. The summed E-state index contributed by atoms with van der Waals surface area (Å²) < 4.78 is 6.07. The van der Waals surface area contributed by atoms with Crippen molar-refractivity contribution in [3.63, 3.8) is 0 Å². The van der Waals surface area contributed by atoms with Crippen LogP contribution in [0.4, 0.5) is 0 Å². The van der Waals surface area contributed by atoms with Crippen molar-refractivity contribution in [2.75, 3.05) is 13.2 Å². The Morgan fingerprint density at radius 3 is 2.60 bits per heavy atom. The Balaban J connectivity index is 1.63. The number of fused-ring (bicyclic) bond motifs is 5. The molecule has 3 heteroatoms. The van der Waals surface area contributed by atoms with Crippen LogP contribution in [0.2, 0.25) is 0 Å². The molecule has 1 fully saturated rings. The van der Waals surface area contributed by atoms with E-state index in [2.05, 4.69) is 78.7 Å². The van der Waals surface area contributed by atoms with E-state index in [9.17, 15) is 0 Å². The number of hydrogen-bond acceptors (Lipinski definition) is 3. The van der Waals surface area contributed by atoms with Gasteiger partial charge in [-0.2, -0.15) is 5.06 Å². The van der Waals surface area contributed by atoms with Gasteiger partial charge in [0.15, 0.2) is 0 Å². The van der Waals surface area contributed by atoms with Gasteiger partial charge in [0.05, 0.1) is 25.3 Å². The molecule has 0 amide bonds. The summed E-state index contributed by atoms with van der Waals surface area (Å²) in [6.45, 7) is 3.65. The molecule has 0 saturated carbocycles. The third-order valence-electron chi connectivity index (χ3n) is 5.50. The first-order valence-electron chi connectivity index (χ1n) is 8.93. The molecule has 0 N–H and O–H groups in total. The van der Waals surface area contributed by atoms with Crippen LogP contribution < -0.4 is 4.74 Å². The zero-order valence-corrected chi connectivity index (χ0v) is 14.3. The number of hydrogen-bond donors (Lipinski definition) is 0. The van der Waals surface area contributed by atoms with E-state index in [1.165, 1.54) is 21.9 Å². The van der Waals surface area contributed by atoms with Crippen molar-refractivity contribution in [2.45, 2.75) is 19.0 Å². The highest BCUT2D eigenvalue weighted by atomic mass is 16.7. The van der Waals surface area contributed by atoms with Crippen molar-refractivity contribution in [3.8, 4) is 5.75 Å². The average Bonchev–Trinajstić information content (AvgIpc) is 3.12. The Bertz CT molecular complexity index is 908. The summed E-state index contributed by atoms with van der Waals surface area (Å²) in [7, 11) is 0. The van der Waals surface area contributed by atoms with Crippen LogP contribution >= 0.6 is 0 Å².